The second-order valence-corrected chi connectivity index (χ2v) is 6.41. The molecule has 0 fully saturated rings. The number of carbonyl (C=O) groups is 1. The van der Waals surface area contributed by atoms with Crippen molar-refractivity contribution in [3.63, 3.8) is 0 Å². The number of sulfonamides is 1. The van der Waals surface area contributed by atoms with Crippen molar-refractivity contribution < 1.29 is 17.9 Å². The Morgan fingerprint density at radius 3 is 2.64 bits per heavy atom. The molecule has 0 saturated carbocycles. The van der Waals surface area contributed by atoms with Crippen molar-refractivity contribution >= 4 is 33.1 Å². The standard InChI is InChI=1S/C13H18N4O4S/c1-4-17(5-2)22(19,20)9-6-7-10-11(8-9)15-12(14-10)16-13(18)21-3/h6-8H,4-5H2,1-3H3,(H2,14,15,16,18). The van der Waals surface area contributed by atoms with Crippen molar-refractivity contribution in [1.29, 1.82) is 0 Å². The Hall–Kier alpha value is -2.13. The lowest BCUT2D eigenvalue weighted by Gasteiger charge is -2.18. The minimum atomic E-state index is -3.54. The summed E-state index contributed by atoms with van der Waals surface area (Å²) in [4.78, 5) is 18.3. The summed E-state index contributed by atoms with van der Waals surface area (Å²) in [6, 6.07) is 4.59. The first-order valence-electron chi connectivity index (χ1n) is 6.77. The molecule has 8 nitrogen and oxygen atoms in total. The van der Waals surface area contributed by atoms with Gasteiger partial charge in [-0.15, -0.1) is 0 Å². The molecule has 22 heavy (non-hydrogen) atoms. The second-order valence-electron chi connectivity index (χ2n) is 4.47. The van der Waals surface area contributed by atoms with Crippen molar-refractivity contribution in [3.05, 3.63) is 18.2 Å². The van der Waals surface area contributed by atoms with Gasteiger partial charge in [0.05, 0.1) is 23.0 Å². The number of H-pyrrole nitrogens is 1. The number of aromatic nitrogens is 2. The summed E-state index contributed by atoms with van der Waals surface area (Å²) < 4.78 is 30.8. The number of hydrogen-bond donors (Lipinski definition) is 2. The molecule has 1 aromatic carbocycles. The molecule has 0 saturated heterocycles. The van der Waals surface area contributed by atoms with Crippen LogP contribution < -0.4 is 5.32 Å². The lowest BCUT2D eigenvalue weighted by Crippen LogP contribution is -2.30. The third-order valence-electron chi connectivity index (χ3n) is 3.20. The zero-order chi connectivity index (χ0) is 16.3. The van der Waals surface area contributed by atoms with E-state index in [9.17, 15) is 13.2 Å². The first-order valence-corrected chi connectivity index (χ1v) is 8.21. The molecule has 2 N–H and O–H groups in total. The molecule has 120 valence electrons. The van der Waals surface area contributed by atoms with Gasteiger partial charge >= 0.3 is 6.09 Å². The molecular weight excluding hydrogens is 308 g/mol. The summed E-state index contributed by atoms with van der Waals surface area (Å²) in [5, 5.41) is 2.40. The number of nitrogens with one attached hydrogen (secondary N) is 2. The molecule has 0 unspecified atom stereocenters. The molecule has 0 aliphatic heterocycles. The van der Waals surface area contributed by atoms with Gasteiger partial charge in [0.1, 0.15) is 0 Å². The molecule has 0 bridgehead atoms. The van der Waals surface area contributed by atoms with E-state index in [0.717, 1.165) is 0 Å². The van der Waals surface area contributed by atoms with Crippen LogP contribution in [-0.2, 0) is 14.8 Å². The molecule has 0 aliphatic carbocycles. The molecule has 9 heteroatoms. The van der Waals surface area contributed by atoms with E-state index < -0.39 is 16.1 Å². The van der Waals surface area contributed by atoms with Crippen LogP contribution in [0.3, 0.4) is 0 Å². The Morgan fingerprint density at radius 2 is 2.05 bits per heavy atom. The van der Waals surface area contributed by atoms with Crippen LogP contribution in [0.2, 0.25) is 0 Å². The van der Waals surface area contributed by atoms with Gasteiger partial charge in [0.2, 0.25) is 16.0 Å². The number of carbonyl (C=O) groups excluding carboxylic acids is 1. The van der Waals surface area contributed by atoms with Gasteiger partial charge in [-0.3, -0.25) is 5.32 Å². The van der Waals surface area contributed by atoms with Crippen molar-refractivity contribution in [1.82, 2.24) is 14.3 Å². The van der Waals surface area contributed by atoms with E-state index in [1.54, 1.807) is 19.9 Å². The summed E-state index contributed by atoms with van der Waals surface area (Å²) in [6.45, 7) is 4.37. The molecule has 2 aromatic rings. The van der Waals surface area contributed by atoms with Crippen molar-refractivity contribution in [2.24, 2.45) is 0 Å². The molecule has 0 aliphatic rings. The van der Waals surface area contributed by atoms with Crippen molar-refractivity contribution in [2.75, 3.05) is 25.5 Å². The van der Waals surface area contributed by atoms with E-state index in [4.69, 9.17) is 0 Å². The Kier molecular flexibility index (Phi) is 4.67. The topological polar surface area (TPSA) is 104 Å². The summed E-state index contributed by atoms with van der Waals surface area (Å²) in [5.41, 5.74) is 1.06. The van der Waals surface area contributed by atoms with Gasteiger partial charge in [0.15, 0.2) is 0 Å². The Morgan fingerprint density at radius 1 is 1.36 bits per heavy atom. The fourth-order valence-corrected chi connectivity index (χ4v) is 3.55. The molecule has 1 heterocycles. The van der Waals surface area contributed by atoms with Gasteiger partial charge in [-0.2, -0.15) is 4.31 Å². The Labute approximate surface area is 128 Å². The van der Waals surface area contributed by atoms with Crippen LogP contribution in [0.1, 0.15) is 13.8 Å². The van der Waals surface area contributed by atoms with Gasteiger partial charge < -0.3 is 9.72 Å². The Bertz CT molecular complexity index is 780. The maximum Gasteiger partial charge on any atom is 0.413 e. The lowest BCUT2D eigenvalue weighted by molar-refractivity contribution is 0.186. The molecular formula is C13H18N4O4S. The van der Waals surface area contributed by atoms with Gasteiger partial charge in [0, 0.05) is 13.1 Å². The third kappa shape index (κ3) is 3.04. The van der Waals surface area contributed by atoms with Crippen LogP contribution in [0.25, 0.3) is 11.0 Å². The zero-order valence-corrected chi connectivity index (χ0v) is 13.4. The predicted molar refractivity (Wildman–Crippen MR) is 82.2 cm³/mol. The van der Waals surface area contributed by atoms with E-state index >= 15 is 0 Å². The van der Waals surface area contributed by atoms with Crippen LogP contribution >= 0.6 is 0 Å². The first kappa shape index (κ1) is 16.2. The average molecular weight is 326 g/mol. The Balaban J connectivity index is 2.40. The lowest BCUT2D eigenvalue weighted by atomic mass is 10.3. The molecule has 2 rings (SSSR count). The maximum absolute atomic E-state index is 12.5. The average Bonchev–Trinajstić information content (AvgIpc) is 2.89. The number of methoxy groups -OCH3 is 1. The highest BCUT2D eigenvalue weighted by Crippen LogP contribution is 2.21. The number of fused-ring (bicyclic) bond motifs is 1. The minimum absolute atomic E-state index is 0.178. The van der Waals surface area contributed by atoms with Crippen LogP contribution in [0.15, 0.2) is 23.1 Å². The zero-order valence-electron chi connectivity index (χ0n) is 12.6. The smallest absolute Gasteiger partial charge is 0.413 e. The summed E-state index contributed by atoms with van der Waals surface area (Å²) in [7, 11) is -2.29. The van der Waals surface area contributed by atoms with E-state index in [1.807, 2.05) is 0 Å². The van der Waals surface area contributed by atoms with Crippen LogP contribution in [-0.4, -0.2) is 49.0 Å². The number of hydrogen-bond acceptors (Lipinski definition) is 5. The normalized spacial score (nSPS) is 11.8. The number of nitrogens with zero attached hydrogens (tertiary/aromatic N) is 2. The van der Waals surface area contributed by atoms with Gasteiger partial charge in [-0.1, -0.05) is 13.8 Å². The number of anilines is 1. The van der Waals surface area contributed by atoms with E-state index in [-0.39, 0.29) is 10.8 Å². The quantitative estimate of drug-likeness (QED) is 0.871. The van der Waals surface area contributed by atoms with Gasteiger partial charge in [-0.25, -0.2) is 18.2 Å². The first-order chi connectivity index (χ1) is 10.4. The number of ether oxygens (including phenoxy) is 1. The van der Waals surface area contributed by atoms with Crippen LogP contribution in [0, 0.1) is 0 Å². The maximum atomic E-state index is 12.5. The van der Waals surface area contributed by atoms with Crippen LogP contribution in [0.4, 0.5) is 10.7 Å². The van der Waals surface area contributed by atoms with Crippen molar-refractivity contribution in [2.45, 2.75) is 18.7 Å². The fraction of sp³-hybridized carbons (Fsp3) is 0.385. The highest BCUT2D eigenvalue weighted by molar-refractivity contribution is 7.89. The number of imidazole rings is 1. The number of aromatic amines is 1. The highest BCUT2D eigenvalue weighted by atomic mass is 32.2. The molecule has 0 atom stereocenters. The fourth-order valence-electron chi connectivity index (χ4n) is 2.07. The SMILES string of the molecule is CCN(CC)S(=O)(=O)c1ccc2nc(NC(=O)OC)[nH]c2c1. The highest BCUT2D eigenvalue weighted by Gasteiger charge is 2.22. The van der Waals surface area contributed by atoms with Crippen LogP contribution in [0.5, 0.6) is 0 Å². The predicted octanol–water partition coefficient (Wildman–Crippen LogP) is 1.77. The molecule has 1 aromatic heterocycles. The number of benzene rings is 1. The third-order valence-corrected chi connectivity index (χ3v) is 5.25. The molecule has 1 amide bonds. The van der Waals surface area contributed by atoms with E-state index in [1.165, 1.54) is 23.5 Å². The summed E-state index contributed by atoms with van der Waals surface area (Å²) in [6.07, 6.45) is -0.657. The molecule has 0 radical (unpaired) electrons. The van der Waals surface area contributed by atoms with E-state index in [0.29, 0.717) is 24.1 Å². The molecule has 0 spiro atoms. The van der Waals surface area contributed by atoms with Gasteiger partial charge in [0.25, 0.3) is 0 Å². The summed E-state index contributed by atoms with van der Waals surface area (Å²) in [5.74, 6) is 0.194. The number of rotatable bonds is 5. The van der Waals surface area contributed by atoms with Crippen molar-refractivity contribution in [3.8, 4) is 0 Å². The largest absolute Gasteiger partial charge is 0.453 e. The monoisotopic (exact) mass is 326 g/mol. The summed E-state index contributed by atoms with van der Waals surface area (Å²) >= 11 is 0. The van der Waals surface area contributed by atoms with Gasteiger partial charge in [-0.05, 0) is 18.2 Å². The second kappa shape index (κ2) is 6.32. The number of amides is 1. The minimum Gasteiger partial charge on any atom is -0.453 e. The van der Waals surface area contributed by atoms with E-state index in [2.05, 4.69) is 20.0 Å².